The standard InChI is InChI=1S/C19H14N2O3S/c1-23-18(22)13-7-9-17-16(10-13)21-19(24-17)25-11-14-8-6-12-4-2-3-5-15(12)20-14/h2-10H,11H2,1H3. The van der Waals surface area contributed by atoms with Gasteiger partial charge in [0.05, 0.1) is 23.9 Å². The summed E-state index contributed by atoms with van der Waals surface area (Å²) in [5.74, 6) is 0.265. The van der Waals surface area contributed by atoms with Crippen molar-refractivity contribution in [2.45, 2.75) is 11.0 Å². The molecule has 0 N–H and O–H groups in total. The van der Waals surface area contributed by atoms with Crippen molar-refractivity contribution in [2.24, 2.45) is 0 Å². The minimum atomic E-state index is -0.389. The number of pyridine rings is 1. The number of rotatable bonds is 4. The fourth-order valence-electron chi connectivity index (χ4n) is 2.54. The molecule has 0 saturated heterocycles. The first kappa shape index (κ1) is 15.7. The number of fused-ring (bicyclic) bond motifs is 2. The smallest absolute Gasteiger partial charge is 0.337 e. The van der Waals surface area contributed by atoms with Crippen LogP contribution in [-0.2, 0) is 10.5 Å². The second-order valence-corrected chi connectivity index (χ2v) is 6.36. The molecule has 0 amide bonds. The third-order valence-corrected chi connectivity index (χ3v) is 4.65. The molecule has 6 heteroatoms. The van der Waals surface area contributed by atoms with Gasteiger partial charge in [-0.05, 0) is 30.3 Å². The minimum Gasteiger partial charge on any atom is -0.465 e. The zero-order valence-electron chi connectivity index (χ0n) is 13.4. The molecule has 0 aliphatic carbocycles. The van der Waals surface area contributed by atoms with E-state index in [9.17, 15) is 4.79 Å². The van der Waals surface area contributed by atoms with E-state index in [1.807, 2.05) is 30.3 Å². The number of esters is 1. The highest BCUT2D eigenvalue weighted by molar-refractivity contribution is 7.98. The Morgan fingerprint density at radius 2 is 1.96 bits per heavy atom. The van der Waals surface area contributed by atoms with Gasteiger partial charge in [0.1, 0.15) is 5.52 Å². The molecule has 0 saturated carbocycles. The minimum absolute atomic E-state index is 0.389. The van der Waals surface area contributed by atoms with Crippen LogP contribution in [0.4, 0.5) is 0 Å². The Balaban J connectivity index is 1.54. The summed E-state index contributed by atoms with van der Waals surface area (Å²) in [6.45, 7) is 0. The van der Waals surface area contributed by atoms with Crippen LogP contribution < -0.4 is 0 Å². The van der Waals surface area contributed by atoms with Crippen molar-refractivity contribution in [2.75, 3.05) is 7.11 Å². The summed E-state index contributed by atoms with van der Waals surface area (Å²) in [6, 6.07) is 17.1. The number of carbonyl (C=O) groups is 1. The summed E-state index contributed by atoms with van der Waals surface area (Å²) in [5, 5.41) is 1.67. The lowest BCUT2D eigenvalue weighted by atomic mass is 10.2. The average molecular weight is 350 g/mol. The topological polar surface area (TPSA) is 65.2 Å². The number of ether oxygens (including phenoxy) is 1. The zero-order chi connectivity index (χ0) is 17.2. The summed E-state index contributed by atoms with van der Waals surface area (Å²) in [6.07, 6.45) is 0. The number of nitrogens with zero attached hydrogens (tertiary/aromatic N) is 2. The zero-order valence-corrected chi connectivity index (χ0v) is 14.2. The van der Waals surface area contributed by atoms with Crippen LogP contribution in [0.25, 0.3) is 22.0 Å². The van der Waals surface area contributed by atoms with Gasteiger partial charge in [-0.3, -0.25) is 4.98 Å². The molecule has 5 nitrogen and oxygen atoms in total. The number of thioether (sulfide) groups is 1. The molecule has 0 atom stereocenters. The van der Waals surface area contributed by atoms with Crippen LogP contribution in [0, 0.1) is 0 Å². The van der Waals surface area contributed by atoms with Gasteiger partial charge in [0, 0.05) is 11.1 Å². The normalized spacial score (nSPS) is 11.1. The lowest BCUT2D eigenvalue weighted by Crippen LogP contribution is -2.00. The molecule has 2 heterocycles. The lowest BCUT2D eigenvalue weighted by molar-refractivity contribution is 0.0601. The third kappa shape index (κ3) is 3.21. The van der Waals surface area contributed by atoms with E-state index >= 15 is 0 Å². The summed E-state index contributed by atoms with van der Waals surface area (Å²) in [7, 11) is 1.35. The molecule has 0 unspecified atom stereocenters. The van der Waals surface area contributed by atoms with Crippen molar-refractivity contribution >= 4 is 39.7 Å². The van der Waals surface area contributed by atoms with Gasteiger partial charge >= 0.3 is 5.97 Å². The first-order valence-corrected chi connectivity index (χ1v) is 8.68. The number of carbonyl (C=O) groups excluding carboxylic acids is 1. The Kier molecular flexibility index (Phi) is 4.11. The van der Waals surface area contributed by atoms with Crippen LogP contribution in [0.3, 0.4) is 0 Å². The highest BCUT2D eigenvalue weighted by Crippen LogP contribution is 2.27. The SMILES string of the molecule is COC(=O)c1ccc2oc(SCc3ccc4ccccc4n3)nc2c1. The number of aromatic nitrogens is 2. The van der Waals surface area contributed by atoms with Crippen LogP contribution in [0.15, 0.2) is 64.2 Å². The van der Waals surface area contributed by atoms with Gasteiger partial charge in [-0.2, -0.15) is 0 Å². The summed E-state index contributed by atoms with van der Waals surface area (Å²) < 4.78 is 10.4. The van der Waals surface area contributed by atoms with Crippen LogP contribution >= 0.6 is 11.8 Å². The molecular formula is C19H14N2O3S. The number of methoxy groups -OCH3 is 1. The molecule has 0 radical (unpaired) electrons. The van der Waals surface area contributed by atoms with Crippen molar-refractivity contribution in [3.05, 3.63) is 65.9 Å². The Morgan fingerprint density at radius 1 is 1.08 bits per heavy atom. The molecule has 0 bridgehead atoms. The molecule has 4 rings (SSSR count). The number of hydrogen-bond acceptors (Lipinski definition) is 6. The van der Waals surface area contributed by atoms with E-state index in [-0.39, 0.29) is 5.97 Å². The van der Waals surface area contributed by atoms with Crippen molar-refractivity contribution < 1.29 is 13.9 Å². The van der Waals surface area contributed by atoms with E-state index in [1.54, 1.807) is 18.2 Å². The predicted molar refractivity (Wildman–Crippen MR) is 96.7 cm³/mol. The van der Waals surface area contributed by atoms with Crippen molar-refractivity contribution in [3.63, 3.8) is 0 Å². The maximum Gasteiger partial charge on any atom is 0.337 e. The van der Waals surface area contributed by atoms with E-state index in [2.05, 4.69) is 16.0 Å². The molecule has 2 aromatic carbocycles. The monoisotopic (exact) mass is 350 g/mol. The molecule has 0 spiro atoms. The summed E-state index contributed by atoms with van der Waals surface area (Å²) in [4.78, 5) is 20.7. The summed E-state index contributed by atoms with van der Waals surface area (Å²) >= 11 is 1.47. The van der Waals surface area contributed by atoms with E-state index in [1.165, 1.54) is 18.9 Å². The third-order valence-electron chi connectivity index (χ3n) is 3.79. The van der Waals surface area contributed by atoms with Gasteiger partial charge < -0.3 is 9.15 Å². The maximum absolute atomic E-state index is 11.6. The molecule has 0 fully saturated rings. The number of oxazole rings is 1. The molecule has 4 aromatic rings. The van der Waals surface area contributed by atoms with Gasteiger partial charge in [0.25, 0.3) is 5.22 Å². The molecule has 25 heavy (non-hydrogen) atoms. The van der Waals surface area contributed by atoms with Crippen molar-refractivity contribution in [3.8, 4) is 0 Å². The highest BCUT2D eigenvalue weighted by Gasteiger charge is 2.11. The van der Waals surface area contributed by atoms with Crippen LogP contribution in [0.2, 0.25) is 0 Å². The van der Waals surface area contributed by atoms with E-state index in [4.69, 9.17) is 9.15 Å². The van der Waals surface area contributed by atoms with Gasteiger partial charge in [-0.25, -0.2) is 9.78 Å². The number of hydrogen-bond donors (Lipinski definition) is 0. The van der Waals surface area contributed by atoms with E-state index < -0.39 is 0 Å². The number of benzene rings is 2. The molecule has 124 valence electrons. The fourth-order valence-corrected chi connectivity index (χ4v) is 3.28. The summed E-state index contributed by atoms with van der Waals surface area (Å²) in [5.41, 5.74) is 3.66. The first-order chi connectivity index (χ1) is 12.2. The second kappa shape index (κ2) is 6.57. The number of para-hydroxylation sites is 1. The van der Waals surface area contributed by atoms with Gasteiger partial charge in [-0.1, -0.05) is 36.0 Å². The predicted octanol–water partition coefficient (Wildman–Crippen LogP) is 4.45. The highest BCUT2D eigenvalue weighted by atomic mass is 32.2. The second-order valence-electron chi connectivity index (χ2n) is 5.44. The van der Waals surface area contributed by atoms with Crippen molar-refractivity contribution in [1.82, 2.24) is 9.97 Å². The Morgan fingerprint density at radius 3 is 2.84 bits per heavy atom. The largest absolute Gasteiger partial charge is 0.465 e. The molecule has 0 aliphatic heterocycles. The lowest BCUT2D eigenvalue weighted by Gasteiger charge is -2.01. The molecule has 2 aromatic heterocycles. The first-order valence-electron chi connectivity index (χ1n) is 7.69. The van der Waals surface area contributed by atoms with Gasteiger partial charge in [-0.15, -0.1) is 0 Å². The Bertz CT molecular complexity index is 1070. The van der Waals surface area contributed by atoms with Gasteiger partial charge in [0.15, 0.2) is 5.58 Å². The van der Waals surface area contributed by atoms with Crippen LogP contribution in [-0.4, -0.2) is 23.0 Å². The fraction of sp³-hybridized carbons (Fsp3) is 0.105. The maximum atomic E-state index is 11.6. The van der Waals surface area contributed by atoms with Crippen LogP contribution in [0.1, 0.15) is 16.1 Å². The Hall–Kier alpha value is -2.86. The van der Waals surface area contributed by atoms with E-state index in [0.717, 1.165) is 16.6 Å². The van der Waals surface area contributed by atoms with Gasteiger partial charge in [0.2, 0.25) is 0 Å². The average Bonchev–Trinajstić information content (AvgIpc) is 3.07. The quantitative estimate of drug-likeness (QED) is 0.400. The van der Waals surface area contributed by atoms with Crippen molar-refractivity contribution in [1.29, 1.82) is 0 Å². The molecular weight excluding hydrogens is 336 g/mol. The van der Waals surface area contributed by atoms with E-state index in [0.29, 0.717) is 27.6 Å². The van der Waals surface area contributed by atoms with Crippen LogP contribution in [0.5, 0.6) is 0 Å². The molecule has 0 aliphatic rings. The Labute approximate surface area is 148 Å².